The largest absolute Gasteiger partial charge is 0.497 e. The van der Waals surface area contributed by atoms with Crippen molar-refractivity contribution in [3.63, 3.8) is 0 Å². The highest BCUT2D eigenvalue weighted by molar-refractivity contribution is 5.85. The van der Waals surface area contributed by atoms with Crippen LogP contribution in [0, 0.1) is 5.92 Å². The molecule has 148 valence electrons. The van der Waals surface area contributed by atoms with E-state index in [0.29, 0.717) is 37.6 Å². The van der Waals surface area contributed by atoms with Crippen LogP contribution >= 0.6 is 0 Å². The van der Waals surface area contributed by atoms with Crippen LogP contribution in [0.2, 0.25) is 0 Å². The van der Waals surface area contributed by atoms with E-state index in [2.05, 4.69) is 0 Å². The molecule has 8 heteroatoms. The topological polar surface area (TPSA) is 96.4 Å². The van der Waals surface area contributed by atoms with E-state index in [1.807, 2.05) is 0 Å². The van der Waals surface area contributed by atoms with Gasteiger partial charge in [-0.2, -0.15) is 0 Å². The molecule has 0 bridgehead atoms. The lowest BCUT2D eigenvalue weighted by molar-refractivity contribution is -0.151. The number of ether oxygens (including phenoxy) is 2. The molecule has 1 atom stereocenters. The van der Waals surface area contributed by atoms with Crippen molar-refractivity contribution in [1.82, 2.24) is 4.90 Å². The first-order valence-corrected chi connectivity index (χ1v) is 8.99. The Bertz CT molecular complexity index is 661. The number of anilines is 1. The molecular formula is C19H26N2O6. The summed E-state index contributed by atoms with van der Waals surface area (Å²) < 4.78 is 10.2. The zero-order valence-corrected chi connectivity index (χ0v) is 15.7. The normalized spacial score (nSPS) is 16.5. The minimum Gasteiger partial charge on any atom is -0.497 e. The first kappa shape index (κ1) is 20.5. The van der Waals surface area contributed by atoms with Gasteiger partial charge in [0.25, 0.3) is 0 Å². The number of carbonyl (C=O) groups is 3. The lowest BCUT2D eigenvalue weighted by Gasteiger charge is -2.33. The SMILES string of the molecule is CCOC(=O)[C@@H]1CCCN(C(=O)CN(CC(=O)O)c2ccc(OC)cc2)C1. The van der Waals surface area contributed by atoms with Gasteiger partial charge in [0.1, 0.15) is 12.3 Å². The summed E-state index contributed by atoms with van der Waals surface area (Å²) in [6, 6.07) is 6.86. The van der Waals surface area contributed by atoms with E-state index >= 15 is 0 Å². The van der Waals surface area contributed by atoms with Gasteiger partial charge in [-0.25, -0.2) is 0 Å². The van der Waals surface area contributed by atoms with E-state index in [9.17, 15) is 19.5 Å². The van der Waals surface area contributed by atoms with E-state index in [1.165, 1.54) is 4.90 Å². The molecule has 1 heterocycles. The van der Waals surface area contributed by atoms with Crippen molar-refractivity contribution in [2.75, 3.05) is 44.8 Å². The summed E-state index contributed by atoms with van der Waals surface area (Å²) in [5.74, 6) is -1.19. The van der Waals surface area contributed by atoms with Crippen LogP contribution in [0.25, 0.3) is 0 Å². The Morgan fingerprint density at radius 3 is 2.52 bits per heavy atom. The number of carboxylic acid groups (broad SMARTS) is 1. The highest BCUT2D eigenvalue weighted by Gasteiger charge is 2.30. The summed E-state index contributed by atoms with van der Waals surface area (Å²) in [5, 5.41) is 9.19. The molecule has 0 spiro atoms. The highest BCUT2D eigenvalue weighted by Crippen LogP contribution is 2.21. The summed E-state index contributed by atoms with van der Waals surface area (Å²) in [6.45, 7) is 2.55. The number of aliphatic carboxylic acids is 1. The number of nitrogens with zero attached hydrogens (tertiary/aromatic N) is 2. The van der Waals surface area contributed by atoms with Crippen LogP contribution < -0.4 is 9.64 Å². The van der Waals surface area contributed by atoms with Crippen LogP contribution in [-0.4, -0.2) is 67.7 Å². The number of amides is 1. The fourth-order valence-electron chi connectivity index (χ4n) is 3.11. The van der Waals surface area contributed by atoms with Gasteiger partial charge in [-0.05, 0) is 44.0 Å². The van der Waals surface area contributed by atoms with Crippen molar-refractivity contribution in [2.45, 2.75) is 19.8 Å². The summed E-state index contributed by atoms with van der Waals surface area (Å²) in [4.78, 5) is 39.0. The lowest BCUT2D eigenvalue weighted by atomic mass is 9.98. The van der Waals surface area contributed by atoms with Gasteiger partial charge < -0.3 is 24.4 Å². The molecule has 1 fully saturated rings. The lowest BCUT2D eigenvalue weighted by Crippen LogP contribution is -2.47. The predicted octanol–water partition coefficient (Wildman–Crippen LogP) is 1.39. The molecule has 0 unspecified atom stereocenters. The maximum atomic E-state index is 12.7. The van der Waals surface area contributed by atoms with Crippen LogP contribution in [0.5, 0.6) is 5.75 Å². The minimum atomic E-state index is -1.03. The second-order valence-electron chi connectivity index (χ2n) is 6.38. The predicted molar refractivity (Wildman–Crippen MR) is 98.8 cm³/mol. The van der Waals surface area contributed by atoms with Crippen LogP contribution in [-0.2, 0) is 19.1 Å². The average Bonchev–Trinajstić information content (AvgIpc) is 2.67. The van der Waals surface area contributed by atoms with Crippen molar-refractivity contribution in [1.29, 1.82) is 0 Å². The number of benzene rings is 1. The van der Waals surface area contributed by atoms with Gasteiger partial charge in [0.05, 0.1) is 26.2 Å². The molecule has 1 aromatic rings. The van der Waals surface area contributed by atoms with E-state index in [1.54, 1.807) is 43.2 Å². The number of carbonyl (C=O) groups excluding carboxylic acids is 2. The Balaban J connectivity index is 2.05. The van der Waals surface area contributed by atoms with Crippen LogP contribution in [0.15, 0.2) is 24.3 Å². The summed E-state index contributed by atoms with van der Waals surface area (Å²) in [6.07, 6.45) is 1.41. The van der Waals surface area contributed by atoms with Crippen LogP contribution in [0.3, 0.4) is 0 Å². The number of likely N-dealkylation sites (tertiary alicyclic amines) is 1. The van der Waals surface area contributed by atoms with Crippen LogP contribution in [0.4, 0.5) is 5.69 Å². The number of rotatable bonds is 8. The van der Waals surface area contributed by atoms with Gasteiger partial charge in [0.15, 0.2) is 0 Å². The van der Waals surface area contributed by atoms with Crippen molar-refractivity contribution in [2.24, 2.45) is 5.92 Å². The van der Waals surface area contributed by atoms with E-state index in [0.717, 1.165) is 6.42 Å². The van der Waals surface area contributed by atoms with Crippen LogP contribution in [0.1, 0.15) is 19.8 Å². The number of hydrogen-bond donors (Lipinski definition) is 1. The number of methoxy groups -OCH3 is 1. The second kappa shape index (κ2) is 9.80. The Kier molecular flexibility index (Phi) is 7.45. The number of esters is 1. The molecule has 8 nitrogen and oxygen atoms in total. The average molecular weight is 378 g/mol. The molecule has 1 aliphatic heterocycles. The molecule has 1 saturated heterocycles. The Morgan fingerprint density at radius 2 is 1.93 bits per heavy atom. The monoisotopic (exact) mass is 378 g/mol. The molecular weight excluding hydrogens is 352 g/mol. The number of carboxylic acids is 1. The van der Waals surface area contributed by atoms with Crippen molar-refractivity contribution >= 4 is 23.5 Å². The third-order valence-corrected chi connectivity index (χ3v) is 4.48. The van der Waals surface area contributed by atoms with Gasteiger partial charge in [-0.1, -0.05) is 0 Å². The Labute approximate surface area is 158 Å². The standard InChI is InChI=1S/C19H26N2O6/c1-3-27-19(25)14-5-4-10-20(11-14)17(22)12-21(13-18(23)24)15-6-8-16(26-2)9-7-15/h6-9,14H,3-5,10-13H2,1-2H3,(H,23,24)/t14-/m1/s1. The van der Waals surface area contributed by atoms with Gasteiger partial charge >= 0.3 is 11.9 Å². The molecule has 1 aromatic carbocycles. The molecule has 0 radical (unpaired) electrons. The second-order valence-corrected chi connectivity index (χ2v) is 6.38. The van der Waals surface area contributed by atoms with Crippen molar-refractivity contribution < 1.29 is 29.0 Å². The molecule has 2 rings (SSSR count). The molecule has 27 heavy (non-hydrogen) atoms. The third kappa shape index (κ3) is 5.87. The molecule has 1 amide bonds. The summed E-state index contributed by atoms with van der Waals surface area (Å²) in [5.41, 5.74) is 0.616. The highest BCUT2D eigenvalue weighted by atomic mass is 16.5. The summed E-state index contributed by atoms with van der Waals surface area (Å²) >= 11 is 0. The first-order chi connectivity index (χ1) is 12.9. The van der Waals surface area contributed by atoms with Gasteiger partial charge in [-0.3, -0.25) is 14.4 Å². The van der Waals surface area contributed by atoms with Crippen molar-refractivity contribution in [3.8, 4) is 5.75 Å². The number of hydrogen-bond acceptors (Lipinski definition) is 6. The molecule has 1 N–H and O–H groups in total. The van der Waals surface area contributed by atoms with Crippen molar-refractivity contribution in [3.05, 3.63) is 24.3 Å². The summed E-state index contributed by atoms with van der Waals surface area (Å²) in [7, 11) is 1.55. The van der Waals surface area contributed by atoms with E-state index in [-0.39, 0.29) is 30.9 Å². The van der Waals surface area contributed by atoms with Gasteiger partial charge in [-0.15, -0.1) is 0 Å². The van der Waals surface area contributed by atoms with E-state index in [4.69, 9.17) is 9.47 Å². The van der Waals surface area contributed by atoms with Gasteiger partial charge in [0.2, 0.25) is 5.91 Å². The smallest absolute Gasteiger partial charge is 0.323 e. The molecule has 0 aliphatic carbocycles. The number of piperidine rings is 1. The third-order valence-electron chi connectivity index (χ3n) is 4.48. The maximum Gasteiger partial charge on any atom is 0.323 e. The maximum absolute atomic E-state index is 12.7. The fraction of sp³-hybridized carbons (Fsp3) is 0.526. The Hall–Kier alpha value is -2.77. The molecule has 1 aliphatic rings. The zero-order chi connectivity index (χ0) is 19.8. The quantitative estimate of drug-likeness (QED) is 0.683. The van der Waals surface area contributed by atoms with Gasteiger partial charge in [0, 0.05) is 18.8 Å². The van der Waals surface area contributed by atoms with E-state index < -0.39 is 5.97 Å². The molecule has 0 saturated carbocycles. The minimum absolute atomic E-state index is 0.0752. The fourth-order valence-corrected chi connectivity index (χ4v) is 3.11. The molecule has 0 aromatic heterocycles. The zero-order valence-electron chi connectivity index (χ0n) is 15.7. The Morgan fingerprint density at radius 1 is 1.22 bits per heavy atom. The first-order valence-electron chi connectivity index (χ1n) is 8.99.